The van der Waals surface area contributed by atoms with E-state index >= 15 is 0 Å². The van der Waals surface area contributed by atoms with Crippen molar-refractivity contribution in [1.29, 1.82) is 0 Å². The summed E-state index contributed by atoms with van der Waals surface area (Å²) in [5, 5.41) is 16.9. The summed E-state index contributed by atoms with van der Waals surface area (Å²) in [6, 6.07) is 0. The lowest BCUT2D eigenvalue weighted by Gasteiger charge is -2.18. The topological polar surface area (TPSA) is 80.4 Å². The monoisotopic (exact) mass is 490 g/mol. The summed E-state index contributed by atoms with van der Waals surface area (Å²) >= 11 is 1.71. The van der Waals surface area contributed by atoms with Gasteiger partial charge >= 0.3 is 0 Å². The molecule has 6 nitrogen and oxygen atoms in total. The molecule has 0 aromatic carbocycles. The standard InChI is InChI=1S/C26H39FN4O2S/c1-5-31(6-2)16-15-29-26(33)24-19(3)23(30-20(24)4)18-21-11-12-22(34-17-8-7-13-27)10-9-14-28-25(21)32/h7-9,11-12,14,18,22,25,28,30,32H,5-6,10,13,15-17H2,1-4H3,(H,29,33)/b8-7+,12-11+,14-9+,21-18-. The molecule has 188 valence electrons. The van der Waals surface area contributed by atoms with Crippen LogP contribution in [0.25, 0.3) is 6.08 Å². The van der Waals surface area contributed by atoms with Crippen molar-refractivity contribution in [2.45, 2.75) is 45.6 Å². The molecular weight excluding hydrogens is 451 g/mol. The summed E-state index contributed by atoms with van der Waals surface area (Å²) in [5.74, 6) is 0.635. The van der Waals surface area contributed by atoms with Gasteiger partial charge in [0.2, 0.25) is 0 Å². The molecule has 2 atom stereocenters. The van der Waals surface area contributed by atoms with Crippen molar-refractivity contribution in [2.75, 3.05) is 38.6 Å². The summed E-state index contributed by atoms with van der Waals surface area (Å²) in [4.78, 5) is 18.4. The van der Waals surface area contributed by atoms with E-state index in [0.29, 0.717) is 17.7 Å². The largest absolute Gasteiger partial charge is 0.369 e. The van der Waals surface area contributed by atoms with Crippen LogP contribution >= 0.6 is 11.8 Å². The molecule has 4 N–H and O–H groups in total. The van der Waals surface area contributed by atoms with E-state index in [1.807, 2.05) is 38.2 Å². The molecule has 0 aliphatic carbocycles. The second-order valence-corrected chi connectivity index (χ2v) is 9.43. The average molecular weight is 491 g/mol. The first-order valence-electron chi connectivity index (χ1n) is 11.9. The van der Waals surface area contributed by atoms with E-state index in [1.54, 1.807) is 18.0 Å². The molecular formula is C26H39FN4O2S. The number of aliphatic hydroxyl groups excluding tert-OH is 1. The number of thioether (sulfide) groups is 1. The predicted molar refractivity (Wildman–Crippen MR) is 142 cm³/mol. The number of allylic oxidation sites excluding steroid dienone is 2. The number of aryl methyl sites for hydroxylation is 1. The Bertz CT molecular complexity index is 903. The Morgan fingerprint density at radius 3 is 2.79 bits per heavy atom. The number of aromatic amines is 1. The molecule has 0 saturated heterocycles. The number of nitrogens with zero attached hydrogens (tertiary/aromatic N) is 1. The van der Waals surface area contributed by atoms with E-state index in [4.69, 9.17) is 0 Å². The molecule has 0 radical (unpaired) electrons. The summed E-state index contributed by atoms with van der Waals surface area (Å²) in [5.41, 5.74) is 3.78. The molecule has 2 heterocycles. The van der Waals surface area contributed by atoms with E-state index in [2.05, 4.69) is 40.4 Å². The lowest BCUT2D eigenvalue weighted by Crippen LogP contribution is -2.35. The molecule has 1 aliphatic heterocycles. The third kappa shape index (κ3) is 8.49. The van der Waals surface area contributed by atoms with Gasteiger partial charge in [0.1, 0.15) is 12.9 Å². The normalized spacial score (nSPS) is 21.8. The van der Waals surface area contributed by atoms with Crippen LogP contribution in [0.5, 0.6) is 0 Å². The van der Waals surface area contributed by atoms with Crippen molar-refractivity contribution in [2.24, 2.45) is 0 Å². The number of carbonyl (C=O) groups is 1. The Kier molecular flexibility index (Phi) is 12.2. The van der Waals surface area contributed by atoms with E-state index in [0.717, 1.165) is 48.8 Å². The Balaban J connectivity index is 2.18. The molecule has 1 aromatic rings. The number of aliphatic hydroxyl groups is 1. The maximum Gasteiger partial charge on any atom is 0.253 e. The Morgan fingerprint density at radius 1 is 1.32 bits per heavy atom. The van der Waals surface area contributed by atoms with E-state index in [1.165, 1.54) is 6.08 Å². The highest BCUT2D eigenvalue weighted by Gasteiger charge is 2.19. The zero-order valence-corrected chi connectivity index (χ0v) is 21.6. The lowest BCUT2D eigenvalue weighted by atomic mass is 10.1. The number of H-pyrrole nitrogens is 1. The number of rotatable bonds is 11. The van der Waals surface area contributed by atoms with Gasteiger partial charge in [-0.15, -0.1) is 11.8 Å². The fourth-order valence-corrected chi connectivity index (χ4v) is 4.72. The maximum atomic E-state index is 12.9. The van der Waals surface area contributed by atoms with Crippen LogP contribution in [-0.4, -0.2) is 71.0 Å². The quantitative estimate of drug-likeness (QED) is 0.351. The van der Waals surface area contributed by atoms with Gasteiger partial charge in [0.25, 0.3) is 5.91 Å². The second-order valence-electron chi connectivity index (χ2n) is 8.15. The van der Waals surface area contributed by atoms with Gasteiger partial charge < -0.3 is 25.6 Å². The van der Waals surface area contributed by atoms with Gasteiger partial charge in [-0.1, -0.05) is 44.2 Å². The number of amides is 1. The van der Waals surface area contributed by atoms with Crippen LogP contribution in [0.15, 0.2) is 42.2 Å². The van der Waals surface area contributed by atoms with Crippen LogP contribution < -0.4 is 10.6 Å². The summed E-state index contributed by atoms with van der Waals surface area (Å²) in [6.45, 7) is 10.9. The Labute approximate surface area is 207 Å². The van der Waals surface area contributed by atoms with Gasteiger partial charge in [-0.3, -0.25) is 4.79 Å². The summed E-state index contributed by atoms with van der Waals surface area (Å²) in [6.07, 6.45) is 12.9. The third-order valence-corrected chi connectivity index (χ3v) is 7.01. The fourth-order valence-electron chi connectivity index (χ4n) is 3.79. The second kappa shape index (κ2) is 14.9. The van der Waals surface area contributed by atoms with Crippen LogP contribution in [0.3, 0.4) is 0 Å². The molecule has 0 fully saturated rings. The highest BCUT2D eigenvalue weighted by atomic mass is 32.2. The molecule has 1 aromatic heterocycles. The van der Waals surface area contributed by atoms with Crippen molar-refractivity contribution in [1.82, 2.24) is 20.5 Å². The van der Waals surface area contributed by atoms with Gasteiger partial charge in [0, 0.05) is 41.1 Å². The molecule has 34 heavy (non-hydrogen) atoms. The molecule has 2 rings (SSSR count). The van der Waals surface area contributed by atoms with Gasteiger partial charge in [0.05, 0.1) is 5.56 Å². The smallest absolute Gasteiger partial charge is 0.253 e. The van der Waals surface area contributed by atoms with Gasteiger partial charge in [0.15, 0.2) is 0 Å². The molecule has 0 saturated carbocycles. The molecule has 1 amide bonds. The SMILES string of the molecule is CCN(CC)CCNC(=O)c1c(C)[nH]c(/C=C2/C=C/C(SC/C=C/CF)C/C=C/NC2O)c1C. The highest BCUT2D eigenvalue weighted by molar-refractivity contribution is 8.00. The Morgan fingerprint density at radius 2 is 2.09 bits per heavy atom. The van der Waals surface area contributed by atoms with E-state index in [9.17, 15) is 14.3 Å². The molecule has 8 heteroatoms. The van der Waals surface area contributed by atoms with Crippen LogP contribution in [-0.2, 0) is 0 Å². The van der Waals surface area contributed by atoms with Crippen LogP contribution in [0.4, 0.5) is 4.39 Å². The molecule has 1 aliphatic rings. The minimum Gasteiger partial charge on any atom is -0.369 e. The minimum absolute atomic E-state index is 0.0903. The number of hydrogen-bond donors (Lipinski definition) is 4. The first kappa shape index (κ1) is 28.0. The zero-order chi connectivity index (χ0) is 24.9. The van der Waals surface area contributed by atoms with Gasteiger partial charge in [-0.05, 0) is 51.2 Å². The number of likely N-dealkylation sites (N-methyl/N-ethyl adjacent to an activating group) is 1. The molecule has 0 spiro atoms. The van der Waals surface area contributed by atoms with Crippen LogP contribution in [0.1, 0.15) is 47.6 Å². The van der Waals surface area contributed by atoms with Crippen LogP contribution in [0.2, 0.25) is 0 Å². The number of alkyl halides is 1. The van der Waals surface area contributed by atoms with Crippen LogP contribution in [0, 0.1) is 13.8 Å². The van der Waals surface area contributed by atoms with E-state index in [-0.39, 0.29) is 11.2 Å². The third-order valence-electron chi connectivity index (χ3n) is 5.84. The lowest BCUT2D eigenvalue weighted by molar-refractivity contribution is 0.0948. The van der Waals surface area contributed by atoms with E-state index < -0.39 is 12.9 Å². The number of nitrogens with one attached hydrogen (secondary N) is 3. The summed E-state index contributed by atoms with van der Waals surface area (Å²) in [7, 11) is 0. The van der Waals surface area contributed by atoms with Crippen molar-refractivity contribution >= 4 is 23.7 Å². The first-order chi connectivity index (χ1) is 16.4. The van der Waals surface area contributed by atoms with Crippen molar-refractivity contribution in [3.05, 3.63) is 64.7 Å². The predicted octanol–water partition coefficient (Wildman–Crippen LogP) is 4.10. The fraction of sp³-hybridized carbons (Fsp3) is 0.500. The van der Waals surface area contributed by atoms with Gasteiger partial charge in [-0.25, -0.2) is 4.39 Å². The maximum absolute atomic E-state index is 12.9. The highest BCUT2D eigenvalue weighted by Crippen LogP contribution is 2.23. The van der Waals surface area contributed by atoms with Crippen molar-refractivity contribution in [3.8, 4) is 0 Å². The number of carbonyl (C=O) groups excluding carboxylic acids is 1. The Hall–Kier alpha value is -2.29. The zero-order valence-electron chi connectivity index (χ0n) is 20.7. The first-order valence-corrected chi connectivity index (χ1v) is 13.0. The molecule has 2 unspecified atom stereocenters. The number of hydrogen-bond acceptors (Lipinski definition) is 5. The van der Waals surface area contributed by atoms with Crippen molar-refractivity contribution < 1.29 is 14.3 Å². The van der Waals surface area contributed by atoms with Crippen molar-refractivity contribution in [3.63, 3.8) is 0 Å². The number of aromatic nitrogens is 1. The average Bonchev–Trinajstić information content (AvgIpc) is 3.14. The summed E-state index contributed by atoms with van der Waals surface area (Å²) < 4.78 is 12.3. The molecule has 0 bridgehead atoms. The van der Waals surface area contributed by atoms with Gasteiger partial charge in [-0.2, -0.15) is 0 Å². The number of halogens is 1. The minimum atomic E-state index is -0.878.